The van der Waals surface area contributed by atoms with Crippen molar-refractivity contribution < 1.29 is 0 Å². The van der Waals surface area contributed by atoms with Gasteiger partial charge in [0.1, 0.15) is 5.66 Å². The summed E-state index contributed by atoms with van der Waals surface area (Å²) < 4.78 is 0. The summed E-state index contributed by atoms with van der Waals surface area (Å²) in [6.45, 7) is 15.7. The van der Waals surface area contributed by atoms with Crippen LogP contribution in [0.4, 0.5) is 0 Å². The summed E-state index contributed by atoms with van der Waals surface area (Å²) in [5.41, 5.74) is 22.1. The molecule has 1 aliphatic rings. The number of hydrogen-bond donors (Lipinski definition) is 1. The van der Waals surface area contributed by atoms with Gasteiger partial charge in [-0.15, -0.1) is 0 Å². The molecule has 1 unspecified atom stereocenters. The molecule has 2 N–H and O–H groups in total. The highest BCUT2D eigenvalue weighted by Gasteiger charge is 2.29. The van der Waals surface area contributed by atoms with Crippen molar-refractivity contribution in [2.45, 2.75) is 60.5 Å². The fourth-order valence-corrected chi connectivity index (χ4v) is 7.26. The molecule has 1 aromatic heterocycles. The summed E-state index contributed by atoms with van der Waals surface area (Å²) in [6.07, 6.45) is 7.52. The second-order valence-corrected chi connectivity index (χ2v) is 14.5. The zero-order valence-electron chi connectivity index (χ0n) is 31.5. The first-order valence-corrected chi connectivity index (χ1v) is 18.3. The molecule has 0 saturated heterocycles. The number of nitrogens with zero attached hydrogens (tertiary/aromatic N) is 3. The molecule has 1 aliphatic heterocycles. The summed E-state index contributed by atoms with van der Waals surface area (Å²) >= 11 is 0. The maximum atomic E-state index is 7.07. The van der Waals surface area contributed by atoms with Gasteiger partial charge < -0.3 is 10.6 Å². The second kappa shape index (κ2) is 14.2. The molecule has 0 saturated carbocycles. The Labute approximate surface area is 308 Å². The normalized spacial score (nSPS) is 13.9. The highest BCUT2D eigenvalue weighted by atomic mass is 15.3. The standard InChI is InChI=1S/C48H48N4/c1-8-9-24-48(7,49)52-25-23-36-13-10-11-16-40(36)46(52)43-29-38(22-21-35(43)6)37-14-12-15-39(28-37)47-50-44(41-26-31(2)17-19-33(41)4)30-45(51-47)42-27-32(3)18-20-34(42)5/h9-24,26-30H,8,25,49H2,1-7H3. The van der Waals surface area contributed by atoms with Gasteiger partial charge in [-0.25, -0.2) is 9.97 Å². The van der Waals surface area contributed by atoms with E-state index in [1.54, 1.807) is 0 Å². The first-order chi connectivity index (χ1) is 25.0. The van der Waals surface area contributed by atoms with Gasteiger partial charge in [0, 0.05) is 34.0 Å². The lowest BCUT2D eigenvalue weighted by molar-refractivity contribution is 0.263. The fraction of sp³-hybridized carbons (Fsp3) is 0.208. The molecule has 52 heavy (non-hydrogen) atoms. The van der Waals surface area contributed by atoms with Gasteiger partial charge in [-0.2, -0.15) is 0 Å². The Morgan fingerprint density at radius 3 is 1.92 bits per heavy atom. The van der Waals surface area contributed by atoms with Crippen molar-refractivity contribution in [2.24, 2.45) is 5.73 Å². The Morgan fingerprint density at radius 2 is 1.25 bits per heavy atom. The first kappa shape index (κ1) is 34.9. The molecule has 0 spiro atoms. The lowest BCUT2D eigenvalue weighted by Gasteiger charge is -2.41. The Bertz CT molecular complexity index is 2400. The van der Waals surface area contributed by atoms with Crippen LogP contribution in [0, 0.1) is 34.6 Å². The van der Waals surface area contributed by atoms with E-state index in [1.165, 1.54) is 43.8 Å². The molecule has 260 valence electrons. The van der Waals surface area contributed by atoms with Crippen LogP contribution in [-0.4, -0.2) is 27.1 Å². The van der Waals surface area contributed by atoms with Crippen LogP contribution in [-0.2, 0) is 0 Å². The molecule has 4 heteroatoms. The number of nitrogens with two attached hydrogens (primary N) is 1. The van der Waals surface area contributed by atoms with Crippen molar-refractivity contribution in [3.63, 3.8) is 0 Å². The van der Waals surface area contributed by atoms with Crippen LogP contribution in [0.5, 0.6) is 0 Å². The number of rotatable bonds is 8. The van der Waals surface area contributed by atoms with Crippen molar-refractivity contribution in [2.75, 3.05) is 6.54 Å². The fourth-order valence-electron chi connectivity index (χ4n) is 7.26. The largest absolute Gasteiger partial charge is 0.346 e. The Hall–Kier alpha value is -5.58. The summed E-state index contributed by atoms with van der Waals surface area (Å²) in [4.78, 5) is 12.8. The van der Waals surface area contributed by atoms with E-state index in [4.69, 9.17) is 15.7 Å². The quantitative estimate of drug-likeness (QED) is 0.163. The minimum Gasteiger partial charge on any atom is -0.346 e. The monoisotopic (exact) mass is 680 g/mol. The molecule has 4 nitrogen and oxygen atoms in total. The Morgan fingerprint density at radius 1 is 0.654 bits per heavy atom. The van der Waals surface area contributed by atoms with Gasteiger partial charge >= 0.3 is 0 Å². The number of aromatic nitrogens is 2. The lowest BCUT2D eigenvalue weighted by Crippen LogP contribution is -2.55. The topological polar surface area (TPSA) is 55.0 Å². The van der Waals surface area contributed by atoms with Crippen molar-refractivity contribution >= 4 is 11.8 Å². The van der Waals surface area contributed by atoms with Crippen molar-refractivity contribution in [1.29, 1.82) is 0 Å². The van der Waals surface area contributed by atoms with Gasteiger partial charge in [0.2, 0.25) is 0 Å². The van der Waals surface area contributed by atoms with E-state index in [-0.39, 0.29) is 0 Å². The third kappa shape index (κ3) is 6.87. The highest BCUT2D eigenvalue weighted by molar-refractivity contribution is 5.79. The van der Waals surface area contributed by atoms with Crippen molar-refractivity contribution in [1.82, 2.24) is 14.9 Å². The van der Waals surface area contributed by atoms with Gasteiger partial charge in [-0.05, 0) is 117 Å². The summed E-state index contributed by atoms with van der Waals surface area (Å²) in [7, 11) is 0. The molecule has 2 heterocycles. The third-order valence-electron chi connectivity index (χ3n) is 10.3. The van der Waals surface area contributed by atoms with Gasteiger partial charge in [0.25, 0.3) is 0 Å². The molecule has 0 fully saturated rings. The number of fused-ring (bicyclic) bond motifs is 1. The maximum Gasteiger partial charge on any atom is 0.160 e. The molecular formula is C48H48N4. The van der Waals surface area contributed by atoms with Crippen LogP contribution >= 0.6 is 0 Å². The van der Waals surface area contributed by atoms with Crippen LogP contribution in [0.25, 0.3) is 56.8 Å². The third-order valence-corrected chi connectivity index (χ3v) is 10.3. The average Bonchev–Trinajstić information content (AvgIpc) is 3.15. The Kier molecular flexibility index (Phi) is 9.52. The average molecular weight is 681 g/mol. The molecule has 5 aromatic carbocycles. The molecule has 0 bridgehead atoms. The highest BCUT2D eigenvalue weighted by Crippen LogP contribution is 2.35. The van der Waals surface area contributed by atoms with Crippen LogP contribution in [0.1, 0.15) is 53.6 Å². The van der Waals surface area contributed by atoms with Crippen LogP contribution in [0.2, 0.25) is 0 Å². The molecular weight excluding hydrogens is 633 g/mol. The van der Waals surface area contributed by atoms with Gasteiger partial charge in [0.15, 0.2) is 5.82 Å². The summed E-state index contributed by atoms with van der Waals surface area (Å²) in [5, 5.41) is 2.43. The first-order valence-electron chi connectivity index (χ1n) is 18.3. The van der Waals surface area contributed by atoms with E-state index in [9.17, 15) is 0 Å². The lowest BCUT2D eigenvalue weighted by atomic mass is 9.93. The van der Waals surface area contributed by atoms with Crippen LogP contribution < -0.4 is 16.2 Å². The smallest absolute Gasteiger partial charge is 0.160 e. The van der Waals surface area contributed by atoms with Crippen LogP contribution in [0.3, 0.4) is 0 Å². The Balaban J connectivity index is 1.38. The number of hydrogen-bond acceptors (Lipinski definition) is 4. The summed E-state index contributed by atoms with van der Waals surface area (Å²) in [6, 6.07) is 39.3. The zero-order chi connectivity index (χ0) is 36.6. The minimum absolute atomic E-state index is 0.664. The maximum absolute atomic E-state index is 7.07. The van der Waals surface area contributed by atoms with E-state index < -0.39 is 5.66 Å². The van der Waals surface area contributed by atoms with Crippen LogP contribution in [0.15, 0.2) is 121 Å². The molecule has 0 aliphatic carbocycles. The van der Waals surface area contributed by atoms with Gasteiger partial charge in [0.05, 0.1) is 17.1 Å². The predicted molar refractivity (Wildman–Crippen MR) is 219 cm³/mol. The summed E-state index contributed by atoms with van der Waals surface area (Å²) in [5.74, 6) is 0.711. The SMILES string of the molecule is CCC=CC(C)(N)N1CC=c2ccccc2=C1c1cc(-c2cccc(-c3nc(-c4cc(C)ccc4C)cc(-c4cc(C)ccc4C)n3)c2)ccc1C. The molecule has 1 atom stereocenters. The molecule has 0 radical (unpaired) electrons. The van der Waals surface area contributed by atoms with E-state index in [0.29, 0.717) is 5.82 Å². The second-order valence-electron chi connectivity index (χ2n) is 14.5. The number of benzene rings is 5. The number of aryl methyl sites for hydroxylation is 5. The van der Waals surface area contributed by atoms with E-state index >= 15 is 0 Å². The van der Waals surface area contributed by atoms with Crippen molar-refractivity contribution in [3.05, 3.63) is 165 Å². The van der Waals surface area contributed by atoms with Gasteiger partial charge in [-0.1, -0.05) is 109 Å². The zero-order valence-corrected chi connectivity index (χ0v) is 31.5. The molecule has 0 amide bonds. The van der Waals surface area contributed by atoms with E-state index in [0.717, 1.165) is 57.9 Å². The van der Waals surface area contributed by atoms with Gasteiger partial charge in [-0.3, -0.25) is 0 Å². The van der Waals surface area contributed by atoms with Crippen molar-refractivity contribution in [3.8, 4) is 45.0 Å². The minimum atomic E-state index is -0.664. The van der Waals surface area contributed by atoms with E-state index in [2.05, 4.69) is 181 Å². The molecule has 7 rings (SSSR count). The predicted octanol–water partition coefficient (Wildman–Crippen LogP) is 9.58. The molecule has 6 aromatic rings. The van der Waals surface area contributed by atoms with E-state index in [1.807, 2.05) is 0 Å². The number of allylic oxidation sites excluding steroid dienone is 1.